The maximum atomic E-state index is 6.03. The van der Waals surface area contributed by atoms with Crippen molar-refractivity contribution >= 4 is 51.9 Å². The Labute approximate surface area is 129 Å². The first-order valence-corrected chi connectivity index (χ1v) is 6.98. The van der Waals surface area contributed by atoms with E-state index in [1.54, 1.807) is 0 Å². The lowest BCUT2D eigenvalue weighted by atomic mass is 10.2. The predicted octanol–water partition coefficient (Wildman–Crippen LogP) is 2.72. The fraction of sp³-hybridized carbons (Fsp3) is 0.333. The molecule has 0 bridgehead atoms. The minimum Gasteiger partial charge on any atom is -0.359 e. The minimum absolute atomic E-state index is 0.263. The van der Waals surface area contributed by atoms with Crippen molar-refractivity contribution in [3.63, 3.8) is 0 Å². The summed E-state index contributed by atoms with van der Waals surface area (Å²) < 4.78 is 0. The second-order valence-electron chi connectivity index (χ2n) is 4.24. The number of anilines is 1. The van der Waals surface area contributed by atoms with Crippen LogP contribution in [0.25, 0.3) is 0 Å². The molecule has 0 saturated carbocycles. The standard InChI is InChI=1S/C12H17ClN4S2/c1-7(2)14-11(18)16-17-12(19)15-10-6-4-5-9(13)8(10)3/h4-7H,1-3H3,(H2,14,16,18)(H2,15,17,19). The smallest absolute Gasteiger partial charge is 0.189 e. The van der Waals surface area contributed by atoms with Gasteiger partial charge in [-0.2, -0.15) is 0 Å². The molecule has 0 radical (unpaired) electrons. The summed E-state index contributed by atoms with van der Waals surface area (Å²) in [6.07, 6.45) is 0. The van der Waals surface area contributed by atoms with Gasteiger partial charge in [-0.1, -0.05) is 17.7 Å². The van der Waals surface area contributed by atoms with Gasteiger partial charge < -0.3 is 10.6 Å². The Hall–Kier alpha value is -1.11. The lowest BCUT2D eigenvalue weighted by molar-refractivity contribution is 0.705. The molecule has 0 fully saturated rings. The Kier molecular flexibility index (Phi) is 6.27. The Balaban J connectivity index is 2.48. The van der Waals surface area contributed by atoms with Crippen molar-refractivity contribution in [1.29, 1.82) is 0 Å². The average molecular weight is 317 g/mol. The van der Waals surface area contributed by atoms with E-state index < -0.39 is 0 Å². The van der Waals surface area contributed by atoms with Gasteiger partial charge in [0.15, 0.2) is 10.2 Å². The van der Waals surface area contributed by atoms with Crippen molar-refractivity contribution in [1.82, 2.24) is 16.2 Å². The van der Waals surface area contributed by atoms with Crippen LogP contribution in [0, 0.1) is 6.92 Å². The van der Waals surface area contributed by atoms with Crippen LogP contribution >= 0.6 is 36.0 Å². The van der Waals surface area contributed by atoms with E-state index in [-0.39, 0.29) is 6.04 Å². The van der Waals surface area contributed by atoms with Gasteiger partial charge in [0, 0.05) is 16.8 Å². The molecular weight excluding hydrogens is 300 g/mol. The van der Waals surface area contributed by atoms with Crippen molar-refractivity contribution < 1.29 is 0 Å². The molecule has 0 unspecified atom stereocenters. The number of thiocarbonyl (C=S) groups is 2. The van der Waals surface area contributed by atoms with Crippen LogP contribution < -0.4 is 21.5 Å². The molecule has 1 rings (SSSR count). The number of rotatable bonds is 2. The fourth-order valence-electron chi connectivity index (χ4n) is 1.31. The van der Waals surface area contributed by atoms with Crippen molar-refractivity contribution in [3.8, 4) is 0 Å². The molecule has 0 heterocycles. The zero-order chi connectivity index (χ0) is 14.4. The van der Waals surface area contributed by atoms with E-state index in [0.717, 1.165) is 11.3 Å². The Morgan fingerprint density at radius 1 is 1.16 bits per heavy atom. The molecule has 0 saturated heterocycles. The summed E-state index contributed by atoms with van der Waals surface area (Å²) in [5.41, 5.74) is 7.41. The molecule has 0 aliphatic heterocycles. The van der Waals surface area contributed by atoms with Crippen LogP contribution in [0.5, 0.6) is 0 Å². The van der Waals surface area contributed by atoms with Crippen molar-refractivity contribution in [2.24, 2.45) is 0 Å². The molecular formula is C12H17ClN4S2. The SMILES string of the molecule is Cc1c(Cl)cccc1NC(=S)NNC(=S)NC(C)C. The topological polar surface area (TPSA) is 48.1 Å². The molecule has 1 aromatic carbocycles. The quantitative estimate of drug-likeness (QED) is 0.497. The monoisotopic (exact) mass is 316 g/mol. The summed E-state index contributed by atoms with van der Waals surface area (Å²) in [6, 6.07) is 5.86. The normalized spacial score (nSPS) is 9.95. The first-order chi connectivity index (χ1) is 8.90. The maximum absolute atomic E-state index is 6.03. The van der Waals surface area contributed by atoms with Gasteiger partial charge in [-0.05, 0) is 62.9 Å². The van der Waals surface area contributed by atoms with Crippen molar-refractivity contribution in [2.45, 2.75) is 26.8 Å². The van der Waals surface area contributed by atoms with E-state index in [0.29, 0.717) is 15.2 Å². The zero-order valence-corrected chi connectivity index (χ0v) is 13.4. The number of hydrogen-bond donors (Lipinski definition) is 4. The lowest BCUT2D eigenvalue weighted by Crippen LogP contribution is -2.49. The second kappa shape index (κ2) is 7.47. The molecule has 4 nitrogen and oxygen atoms in total. The largest absolute Gasteiger partial charge is 0.359 e. The third-order valence-electron chi connectivity index (χ3n) is 2.23. The van der Waals surface area contributed by atoms with Gasteiger partial charge in [0.25, 0.3) is 0 Å². The van der Waals surface area contributed by atoms with Gasteiger partial charge in [0.1, 0.15) is 0 Å². The molecule has 0 spiro atoms. The molecule has 19 heavy (non-hydrogen) atoms. The molecule has 0 atom stereocenters. The fourth-order valence-corrected chi connectivity index (χ4v) is 1.93. The van der Waals surface area contributed by atoms with Crippen LogP contribution in [0.4, 0.5) is 5.69 Å². The highest BCUT2D eigenvalue weighted by molar-refractivity contribution is 7.80. The summed E-state index contributed by atoms with van der Waals surface area (Å²) in [5, 5.41) is 7.67. The molecule has 4 N–H and O–H groups in total. The highest BCUT2D eigenvalue weighted by Crippen LogP contribution is 2.22. The first kappa shape index (κ1) is 15.9. The average Bonchev–Trinajstić information content (AvgIpc) is 2.32. The Bertz CT molecular complexity index is 477. The van der Waals surface area contributed by atoms with Gasteiger partial charge in [-0.25, -0.2) is 0 Å². The van der Waals surface area contributed by atoms with Crippen molar-refractivity contribution in [3.05, 3.63) is 28.8 Å². The first-order valence-electron chi connectivity index (χ1n) is 5.78. The summed E-state index contributed by atoms with van der Waals surface area (Å²) in [7, 11) is 0. The highest BCUT2D eigenvalue weighted by Gasteiger charge is 2.04. The van der Waals surface area contributed by atoms with E-state index in [9.17, 15) is 0 Å². The van der Waals surface area contributed by atoms with Crippen LogP contribution in [0.15, 0.2) is 18.2 Å². The Morgan fingerprint density at radius 3 is 2.42 bits per heavy atom. The summed E-state index contributed by atoms with van der Waals surface area (Å²) in [5.74, 6) is 0. The number of hydrogen-bond acceptors (Lipinski definition) is 2. The van der Waals surface area contributed by atoms with E-state index in [2.05, 4.69) is 21.5 Å². The summed E-state index contributed by atoms with van der Waals surface area (Å²) >= 11 is 16.3. The molecule has 0 aliphatic carbocycles. The van der Waals surface area contributed by atoms with E-state index in [1.807, 2.05) is 39.0 Å². The highest BCUT2D eigenvalue weighted by atomic mass is 35.5. The van der Waals surface area contributed by atoms with Gasteiger partial charge in [0.05, 0.1) is 0 Å². The predicted molar refractivity (Wildman–Crippen MR) is 89.6 cm³/mol. The molecule has 7 heteroatoms. The van der Waals surface area contributed by atoms with Crippen LogP contribution in [-0.2, 0) is 0 Å². The van der Waals surface area contributed by atoms with Crippen LogP contribution in [0.2, 0.25) is 5.02 Å². The van der Waals surface area contributed by atoms with E-state index >= 15 is 0 Å². The van der Waals surface area contributed by atoms with Crippen LogP contribution in [0.1, 0.15) is 19.4 Å². The number of nitrogens with one attached hydrogen (secondary N) is 4. The van der Waals surface area contributed by atoms with Crippen LogP contribution in [-0.4, -0.2) is 16.3 Å². The lowest BCUT2D eigenvalue weighted by Gasteiger charge is -2.16. The number of hydrazine groups is 1. The third-order valence-corrected chi connectivity index (χ3v) is 3.06. The Morgan fingerprint density at radius 2 is 1.79 bits per heavy atom. The van der Waals surface area contributed by atoms with Gasteiger partial charge in [-0.3, -0.25) is 10.9 Å². The molecule has 104 valence electrons. The molecule has 0 amide bonds. The van der Waals surface area contributed by atoms with E-state index in [4.69, 9.17) is 36.0 Å². The van der Waals surface area contributed by atoms with Gasteiger partial charge in [-0.15, -0.1) is 0 Å². The third kappa shape index (κ3) is 5.59. The number of benzene rings is 1. The summed E-state index contributed by atoms with van der Waals surface area (Å²) in [6.45, 7) is 5.92. The van der Waals surface area contributed by atoms with Crippen LogP contribution in [0.3, 0.4) is 0 Å². The van der Waals surface area contributed by atoms with Gasteiger partial charge >= 0.3 is 0 Å². The molecule has 0 aromatic heterocycles. The van der Waals surface area contributed by atoms with E-state index in [1.165, 1.54) is 0 Å². The molecule has 1 aromatic rings. The number of halogens is 1. The maximum Gasteiger partial charge on any atom is 0.189 e. The minimum atomic E-state index is 0.263. The van der Waals surface area contributed by atoms with Crippen molar-refractivity contribution in [2.75, 3.05) is 5.32 Å². The van der Waals surface area contributed by atoms with Gasteiger partial charge in [0.2, 0.25) is 0 Å². The molecule has 0 aliphatic rings. The second-order valence-corrected chi connectivity index (χ2v) is 5.47. The summed E-state index contributed by atoms with van der Waals surface area (Å²) in [4.78, 5) is 0. The zero-order valence-electron chi connectivity index (χ0n) is 11.0.